The molecule has 62 valence electrons. The van der Waals surface area contributed by atoms with E-state index < -0.39 is 0 Å². The predicted octanol–water partition coefficient (Wildman–Crippen LogP) is 0.210. The summed E-state index contributed by atoms with van der Waals surface area (Å²) in [6, 6.07) is 2.24. The van der Waals surface area contributed by atoms with Gasteiger partial charge in [-0.05, 0) is 19.4 Å². The van der Waals surface area contributed by atoms with Crippen LogP contribution in [0.3, 0.4) is 0 Å². The van der Waals surface area contributed by atoms with Gasteiger partial charge in [0.2, 0.25) is 0 Å². The average Bonchev–Trinajstić information content (AvgIpc) is 2.08. The zero-order valence-corrected chi connectivity index (χ0v) is 6.29. The van der Waals surface area contributed by atoms with Gasteiger partial charge < -0.3 is 10.4 Å². The van der Waals surface area contributed by atoms with Crippen LogP contribution in [0.15, 0.2) is 0 Å². The first-order valence-electron chi connectivity index (χ1n) is 3.53. The second-order valence-corrected chi connectivity index (χ2v) is 2.28. The van der Waals surface area contributed by atoms with Crippen LogP contribution >= 0.6 is 0 Å². The van der Waals surface area contributed by atoms with Crippen molar-refractivity contribution in [3.8, 4) is 6.07 Å². The normalized spacial score (nSPS) is 22.3. The number of carboxylic acid groups (broad SMARTS) is 1. The molecule has 1 aliphatic heterocycles. The van der Waals surface area contributed by atoms with Crippen molar-refractivity contribution in [2.45, 2.75) is 12.8 Å². The maximum Gasteiger partial charge on any atom is 0.290 e. The van der Waals surface area contributed by atoms with Gasteiger partial charge in [-0.15, -0.1) is 0 Å². The molecule has 1 rings (SSSR count). The van der Waals surface area contributed by atoms with E-state index in [1.54, 1.807) is 0 Å². The van der Waals surface area contributed by atoms with Crippen molar-refractivity contribution in [3.05, 3.63) is 0 Å². The third kappa shape index (κ3) is 5.37. The van der Waals surface area contributed by atoms with E-state index in [-0.39, 0.29) is 12.4 Å². The highest BCUT2D eigenvalue weighted by Crippen LogP contribution is 2.06. The van der Waals surface area contributed by atoms with Gasteiger partial charge in [-0.25, -0.2) is 0 Å². The van der Waals surface area contributed by atoms with Gasteiger partial charge in [0, 0.05) is 6.54 Å². The van der Waals surface area contributed by atoms with Crippen molar-refractivity contribution in [2.75, 3.05) is 13.1 Å². The molecule has 1 saturated heterocycles. The Morgan fingerprint density at radius 1 is 1.73 bits per heavy atom. The van der Waals surface area contributed by atoms with Crippen molar-refractivity contribution in [1.82, 2.24) is 5.32 Å². The van der Waals surface area contributed by atoms with E-state index in [0.717, 1.165) is 25.9 Å². The zero-order chi connectivity index (χ0) is 8.53. The fourth-order valence-electron chi connectivity index (χ4n) is 0.962. The fraction of sp³-hybridized carbons (Fsp3) is 0.714. The summed E-state index contributed by atoms with van der Waals surface area (Å²) in [4.78, 5) is 8.36. The van der Waals surface area contributed by atoms with Gasteiger partial charge in [0.1, 0.15) is 0 Å². The van der Waals surface area contributed by atoms with Crippen LogP contribution in [-0.2, 0) is 4.79 Å². The molecule has 0 aromatic carbocycles. The van der Waals surface area contributed by atoms with E-state index in [1.807, 2.05) is 0 Å². The highest BCUT2D eigenvalue weighted by atomic mass is 16.3. The topological polar surface area (TPSA) is 73.1 Å². The molecule has 0 bridgehead atoms. The minimum absolute atomic E-state index is 0.250. The predicted molar refractivity (Wildman–Crippen MR) is 39.9 cm³/mol. The maximum absolute atomic E-state index is 8.40. The molecule has 0 aliphatic carbocycles. The lowest BCUT2D eigenvalue weighted by molar-refractivity contribution is -0.122. The van der Waals surface area contributed by atoms with Crippen LogP contribution in [0.1, 0.15) is 12.8 Å². The summed E-state index contributed by atoms with van der Waals surface area (Å²) in [5, 5.41) is 18.5. The number of nitrogens with zero attached hydrogens (tertiary/aromatic N) is 1. The molecule has 0 saturated carbocycles. The Morgan fingerprint density at radius 2 is 2.36 bits per heavy atom. The summed E-state index contributed by atoms with van der Waals surface area (Å²) in [6.45, 7) is 1.74. The monoisotopic (exact) mass is 156 g/mol. The van der Waals surface area contributed by atoms with E-state index >= 15 is 0 Å². The average molecular weight is 156 g/mol. The molecule has 11 heavy (non-hydrogen) atoms. The van der Waals surface area contributed by atoms with Gasteiger partial charge >= 0.3 is 0 Å². The Hall–Kier alpha value is -1.08. The van der Waals surface area contributed by atoms with Crippen LogP contribution in [0.5, 0.6) is 0 Å². The molecule has 0 aromatic rings. The number of rotatable bonds is 0. The Balaban J connectivity index is 0.000000292. The van der Waals surface area contributed by atoms with E-state index in [2.05, 4.69) is 11.4 Å². The van der Waals surface area contributed by atoms with Crippen molar-refractivity contribution in [3.63, 3.8) is 0 Å². The summed E-state index contributed by atoms with van der Waals surface area (Å²) < 4.78 is 0. The molecule has 1 atom stereocenters. The van der Waals surface area contributed by atoms with Crippen LogP contribution < -0.4 is 5.32 Å². The quantitative estimate of drug-likeness (QED) is 0.492. The molecular formula is C7H12N2O2. The van der Waals surface area contributed by atoms with Crippen LogP contribution in [0, 0.1) is 17.2 Å². The zero-order valence-electron chi connectivity index (χ0n) is 6.29. The summed E-state index contributed by atoms with van der Waals surface area (Å²) in [7, 11) is 0. The molecule has 0 radical (unpaired) electrons. The molecule has 0 amide bonds. The summed E-state index contributed by atoms with van der Waals surface area (Å²) in [6.07, 6.45) is 2.25. The highest BCUT2D eigenvalue weighted by Gasteiger charge is 2.09. The molecule has 1 heterocycles. The fourth-order valence-corrected chi connectivity index (χ4v) is 0.962. The highest BCUT2D eigenvalue weighted by molar-refractivity contribution is 5.32. The maximum atomic E-state index is 8.40. The van der Waals surface area contributed by atoms with E-state index in [4.69, 9.17) is 15.2 Å². The molecular weight excluding hydrogens is 144 g/mol. The van der Waals surface area contributed by atoms with Crippen molar-refractivity contribution >= 4 is 6.47 Å². The smallest absolute Gasteiger partial charge is 0.290 e. The van der Waals surface area contributed by atoms with Crippen LogP contribution in [0.4, 0.5) is 0 Å². The third-order valence-electron chi connectivity index (χ3n) is 1.48. The largest absolute Gasteiger partial charge is 0.483 e. The van der Waals surface area contributed by atoms with E-state index in [9.17, 15) is 0 Å². The lowest BCUT2D eigenvalue weighted by Gasteiger charge is -2.15. The lowest BCUT2D eigenvalue weighted by atomic mass is 10.0. The van der Waals surface area contributed by atoms with Crippen LogP contribution in [0.25, 0.3) is 0 Å². The number of nitriles is 1. The Bertz CT molecular complexity index is 136. The van der Waals surface area contributed by atoms with Crippen LogP contribution in [0.2, 0.25) is 0 Å². The first-order chi connectivity index (χ1) is 5.35. The number of hydrogen-bond acceptors (Lipinski definition) is 3. The molecule has 2 N–H and O–H groups in total. The van der Waals surface area contributed by atoms with Crippen molar-refractivity contribution < 1.29 is 9.90 Å². The van der Waals surface area contributed by atoms with Gasteiger partial charge in [0.25, 0.3) is 6.47 Å². The van der Waals surface area contributed by atoms with Crippen molar-refractivity contribution in [1.29, 1.82) is 5.26 Å². The second kappa shape index (κ2) is 7.03. The molecule has 1 unspecified atom stereocenters. The number of hydrogen-bond donors (Lipinski definition) is 2. The van der Waals surface area contributed by atoms with E-state index in [1.165, 1.54) is 0 Å². The first kappa shape index (κ1) is 9.92. The van der Waals surface area contributed by atoms with Crippen molar-refractivity contribution in [2.24, 2.45) is 5.92 Å². The second-order valence-electron chi connectivity index (χ2n) is 2.28. The minimum Gasteiger partial charge on any atom is -0.483 e. The number of piperidine rings is 1. The Kier molecular flexibility index (Phi) is 6.34. The standard InChI is InChI=1S/C6H10N2.CH2O2/c7-4-6-2-1-3-8-5-6;2-1-3/h6,8H,1-3,5H2;1H,(H,2,3). The molecule has 0 aromatic heterocycles. The van der Waals surface area contributed by atoms with E-state index in [0.29, 0.717) is 0 Å². The molecule has 1 fully saturated rings. The van der Waals surface area contributed by atoms with Crippen LogP contribution in [-0.4, -0.2) is 24.7 Å². The van der Waals surface area contributed by atoms with Gasteiger partial charge in [-0.1, -0.05) is 0 Å². The summed E-state index contributed by atoms with van der Waals surface area (Å²) >= 11 is 0. The third-order valence-corrected chi connectivity index (χ3v) is 1.48. The van der Waals surface area contributed by atoms with Gasteiger partial charge in [-0.2, -0.15) is 5.26 Å². The molecule has 0 spiro atoms. The van der Waals surface area contributed by atoms with Gasteiger partial charge in [0.15, 0.2) is 0 Å². The summed E-state index contributed by atoms with van der Waals surface area (Å²) in [5.41, 5.74) is 0. The van der Waals surface area contributed by atoms with Gasteiger partial charge in [0.05, 0.1) is 12.0 Å². The molecule has 4 nitrogen and oxygen atoms in total. The number of nitrogens with one attached hydrogen (secondary N) is 1. The molecule has 1 aliphatic rings. The SMILES string of the molecule is N#CC1CCCNC1.O=CO. The number of carbonyl (C=O) groups is 1. The lowest BCUT2D eigenvalue weighted by Crippen LogP contribution is -2.28. The Labute approximate surface area is 65.8 Å². The summed E-state index contributed by atoms with van der Waals surface area (Å²) in [5.74, 6) is 0.281. The van der Waals surface area contributed by atoms with Gasteiger partial charge in [-0.3, -0.25) is 4.79 Å². The first-order valence-corrected chi connectivity index (χ1v) is 3.53. The Morgan fingerprint density at radius 3 is 2.64 bits per heavy atom. The molecule has 4 heteroatoms. The minimum atomic E-state index is -0.250.